The first-order chi connectivity index (χ1) is 17.0. The molecule has 2 heterocycles. The molecule has 1 aliphatic heterocycles. The Morgan fingerprint density at radius 1 is 1.28 bits per heavy atom. The molecule has 36 heavy (non-hydrogen) atoms. The maximum atomic E-state index is 14.8. The number of rotatable bonds is 9. The molecule has 3 aromatic rings. The number of benzene rings is 2. The summed E-state index contributed by atoms with van der Waals surface area (Å²) in [7, 11) is -3.44. The van der Waals surface area contributed by atoms with E-state index in [4.69, 9.17) is 5.73 Å². The zero-order valence-electron chi connectivity index (χ0n) is 20.2. The minimum Gasteiger partial charge on any atom is -0.477 e. The van der Waals surface area contributed by atoms with Gasteiger partial charge >= 0.3 is 5.97 Å². The summed E-state index contributed by atoms with van der Waals surface area (Å²) in [6.45, 7) is 2.51. The number of aromatic nitrogens is 1. The number of hydrogen-bond donors (Lipinski definition) is 4. The summed E-state index contributed by atoms with van der Waals surface area (Å²) in [5.74, 6) is -2.88. The van der Waals surface area contributed by atoms with Gasteiger partial charge in [-0.1, -0.05) is 37.3 Å². The summed E-state index contributed by atoms with van der Waals surface area (Å²) in [5.41, 5.74) is 7.54. The smallest absolute Gasteiger partial charge is 0.352 e. The highest BCUT2D eigenvalue weighted by Gasteiger charge is 2.37. The van der Waals surface area contributed by atoms with Crippen molar-refractivity contribution in [2.45, 2.75) is 43.9 Å². The highest BCUT2D eigenvalue weighted by atomic mass is 32.2. The Morgan fingerprint density at radius 2 is 2.03 bits per heavy atom. The number of nitrogens with two attached hydrogens (primary N) is 1. The third-order valence-electron chi connectivity index (χ3n) is 6.91. The van der Waals surface area contributed by atoms with E-state index in [-0.39, 0.29) is 35.0 Å². The average Bonchev–Trinajstić information content (AvgIpc) is 3.38. The Hall–Kier alpha value is -3.24. The molecule has 10 heteroatoms. The lowest BCUT2D eigenvalue weighted by molar-refractivity contribution is -0.123. The van der Waals surface area contributed by atoms with Gasteiger partial charge < -0.3 is 21.1 Å². The Kier molecular flexibility index (Phi) is 7.19. The van der Waals surface area contributed by atoms with Crippen LogP contribution in [0.15, 0.2) is 36.4 Å². The molecule has 1 fully saturated rings. The number of halogens is 1. The minimum atomic E-state index is -3.44. The van der Waals surface area contributed by atoms with Crippen LogP contribution in [-0.4, -0.2) is 49.2 Å². The number of aromatic amines is 1. The van der Waals surface area contributed by atoms with E-state index in [0.29, 0.717) is 35.0 Å². The summed E-state index contributed by atoms with van der Waals surface area (Å²) in [5, 5.41) is 13.6. The van der Waals surface area contributed by atoms with Crippen LogP contribution in [0.3, 0.4) is 0 Å². The SMILES string of the molecule is CC(c1cccc2c(-c3ccc(CS(C)(=O)=O)c(F)c3)c(C(=O)O)[nH]c12)C1CC(CCCN)NC1=O. The number of nitrogens with one attached hydrogen (secondary N) is 2. The van der Waals surface area contributed by atoms with Gasteiger partial charge in [-0.25, -0.2) is 17.6 Å². The number of aromatic carboxylic acids is 1. The second-order valence-electron chi connectivity index (χ2n) is 9.59. The number of carboxylic acids is 1. The molecule has 5 N–H and O–H groups in total. The first-order valence-electron chi connectivity index (χ1n) is 11.8. The Morgan fingerprint density at radius 3 is 2.67 bits per heavy atom. The normalized spacial score (nSPS) is 18.9. The second-order valence-corrected chi connectivity index (χ2v) is 11.7. The van der Waals surface area contributed by atoms with E-state index in [1.54, 1.807) is 12.1 Å². The van der Waals surface area contributed by atoms with Crippen molar-refractivity contribution in [2.24, 2.45) is 11.7 Å². The van der Waals surface area contributed by atoms with Crippen LogP contribution in [-0.2, 0) is 20.4 Å². The molecule has 3 atom stereocenters. The van der Waals surface area contributed by atoms with Gasteiger partial charge in [0, 0.05) is 34.7 Å². The van der Waals surface area contributed by atoms with Gasteiger partial charge in [0.15, 0.2) is 9.84 Å². The van der Waals surface area contributed by atoms with Gasteiger partial charge in [-0.3, -0.25) is 4.79 Å². The van der Waals surface area contributed by atoms with Crippen molar-refractivity contribution in [3.8, 4) is 11.1 Å². The molecule has 0 bridgehead atoms. The maximum absolute atomic E-state index is 14.8. The van der Waals surface area contributed by atoms with E-state index in [9.17, 15) is 27.5 Å². The molecule has 0 saturated carbocycles. The van der Waals surface area contributed by atoms with Crippen molar-refractivity contribution < 1.29 is 27.5 Å². The maximum Gasteiger partial charge on any atom is 0.352 e. The average molecular weight is 516 g/mol. The molecule has 2 aromatic carbocycles. The quantitative estimate of drug-likeness (QED) is 0.343. The second kappa shape index (κ2) is 10.0. The predicted octanol–water partition coefficient (Wildman–Crippen LogP) is 3.56. The van der Waals surface area contributed by atoms with E-state index in [2.05, 4.69) is 10.3 Å². The standard InChI is InChI=1S/C26H30FN3O5S/c1-14(20-12-17(5-4-10-28)29-25(20)31)18-6-3-7-19-22(24(26(32)33)30-23(18)19)15-8-9-16(21(27)11-15)13-36(2,34)35/h3,6-9,11,14,17,20,30H,4-5,10,12-13,28H2,1-2H3,(H,29,31)(H,32,33). The third-order valence-corrected chi connectivity index (χ3v) is 7.75. The van der Waals surface area contributed by atoms with Crippen LogP contribution >= 0.6 is 0 Å². The zero-order valence-corrected chi connectivity index (χ0v) is 21.0. The van der Waals surface area contributed by atoms with E-state index in [1.165, 1.54) is 12.1 Å². The number of H-pyrrole nitrogens is 1. The fourth-order valence-corrected chi connectivity index (χ4v) is 5.96. The van der Waals surface area contributed by atoms with Crippen LogP contribution in [0.4, 0.5) is 4.39 Å². The number of carboxylic acid groups (broad SMARTS) is 1. The summed E-state index contributed by atoms with van der Waals surface area (Å²) < 4.78 is 38.0. The van der Waals surface area contributed by atoms with E-state index in [1.807, 2.05) is 13.0 Å². The molecule has 1 saturated heterocycles. The van der Waals surface area contributed by atoms with Gasteiger partial charge in [-0.2, -0.15) is 0 Å². The molecule has 8 nitrogen and oxygen atoms in total. The van der Waals surface area contributed by atoms with Gasteiger partial charge in [-0.05, 0) is 48.9 Å². The Balaban J connectivity index is 1.77. The molecule has 1 aromatic heterocycles. The highest BCUT2D eigenvalue weighted by molar-refractivity contribution is 7.89. The highest BCUT2D eigenvalue weighted by Crippen LogP contribution is 2.40. The number of carbonyl (C=O) groups excluding carboxylic acids is 1. The molecule has 0 radical (unpaired) electrons. The lowest BCUT2D eigenvalue weighted by atomic mass is 9.84. The molecule has 192 valence electrons. The molecule has 1 aliphatic rings. The molecule has 1 amide bonds. The number of hydrogen-bond acceptors (Lipinski definition) is 5. The van der Waals surface area contributed by atoms with E-state index < -0.39 is 27.4 Å². The summed E-state index contributed by atoms with van der Waals surface area (Å²) >= 11 is 0. The van der Waals surface area contributed by atoms with Crippen LogP contribution in [0, 0.1) is 11.7 Å². The Labute approximate surface area is 209 Å². The molecule has 4 rings (SSSR count). The number of para-hydroxylation sites is 1. The zero-order chi connectivity index (χ0) is 26.2. The van der Waals surface area contributed by atoms with Crippen molar-refractivity contribution in [3.63, 3.8) is 0 Å². The number of sulfone groups is 1. The van der Waals surface area contributed by atoms with E-state index in [0.717, 1.165) is 30.7 Å². The van der Waals surface area contributed by atoms with E-state index >= 15 is 0 Å². The van der Waals surface area contributed by atoms with Crippen molar-refractivity contribution in [1.29, 1.82) is 0 Å². The number of amides is 1. The van der Waals surface area contributed by atoms with Crippen molar-refractivity contribution >= 4 is 32.6 Å². The number of carbonyl (C=O) groups is 2. The molecule has 3 unspecified atom stereocenters. The van der Waals surface area contributed by atoms with Crippen molar-refractivity contribution in [3.05, 3.63) is 59.0 Å². The fourth-order valence-electron chi connectivity index (χ4n) is 5.17. The van der Waals surface area contributed by atoms with Gasteiger partial charge in [0.05, 0.1) is 11.3 Å². The van der Waals surface area contributed by atoms with Gasteiger partial charge in [-0.15, -0.1) is 0 Å². The summed E-state index contributed by atoms with van der Waals surface area (Å²) in [6, 6.07) is 9.55. The topological polar surface area (TPSA) is 142 Å². The monoisotopic (exact) mass is 515 g/mol. The van der Waals surface area contributed by atoms with Crippen LogP contribution in [0.2, 0.25) is 0 Å². The first kappa shape index (κ1) is 25.8. The van der Waals surface area contributed by atoms with Crippen LogP contribution in [0.25, 0.3) is 22.0 Å². The third kappa shape index (κ3) is 5.15. The largest absolute Gasteiger partial charge is 0.477 e. The molecular weight excluding hydrogens is 485 g/mol. The minimum absolute atomic E-state index is 0.0173. The summed E-state index contributed by atoms with van der Waals surface area (Å²) in [6.07, 6.45) is 3.33. The number of fused-ring (bicyclic) bond motifs is 1. The van der Waals surface area contributed by atoms with Crippen LogP contribution < -0.4 is 11.1 Å². The molecular formula is C26H30FN3O5S. The lowest BCUT2D eigenvalue weighted by Crippen LogP contribution is -2.27. The van der Waals surface area contributed by atoms with Crippen molar-refractivity contribution in [2.75, 3.05) is 12.8 Å². The van der Waals surface area contributed by atoms with Gasteiger partial charge in [0.1, 0.15) is 11.5 Å². The molecule has 0 aliphatic carbocycles. The molecule has 0 spiro atoms. The fraction of sp³-hybridized carbons (Fsp3) is 0.385. The van der Waals surface area contributed by atoms with Crippen molar-refractivity contribution in [1.82, 2.24) is 10.3 Å². The lowest BCUT2D eigenvalue weighted by Gasteiger charge is -2.18. The predicted molar refractivity (Wildman–Crippen MR) is 136 cm³/mol. The van der Waals surface area contributed by atoms with Crippen LogP contribution in [0.5, 0.6) is 0 Å². The first-order valence-corrected chi connectivity index (χ1v) is 13.9. The Bertz CT molecular complexity index is 1430. The van der Waals surface area contributed by atoms with Crippen LogP contribution in [0.1, 0.15) is 53.7 Å². The van der Waals surface area contributed by atoms with Gasteiger partial charge in [0.2, 0.25) is 5.91 Å². The van der Waals surface area contributed by atoms with Gasteiger partial charge in [0.25, 0.3) is 0 Å². The summed E-state index contributed by atoms with van der Waals surface area (Å²) in [4.78, 5) is 27.9.